The summed E-state index contributed by atoms with van der Waals surface area (Å²) in [6.45, 7) is 3.11. The first-order chi connectivity index (χ1) is 13.1. The van der Waals surface area contributed by atoms with E-state index in [0.717, 1.165) is 29.7 Å². The molecule has 27 heavy (non-hydrogen) atoms. The first-order valence-corrected chi connectivity index (χ1v) is 9.80. The number of amides is 1. The first-order valence-electron chi connectivity index (χ1n) is 9.42. The molecule has 1 atom stereocenters. The van der Waals surface area contributed by atoms with Crippen molar-refractivity contribution in [1.29, 1.82) is 0 Å². The Morgan fingerprint density at radius 1 is 1.19 bits per heavy atom. The standard InChI is InChI=1S/C22H23ClN2O2/c1-15-6-2-4-8-19(15)21-12-18(27-24-21)14-25(22(26)16-10-11-16)13-17-7-3-5-9-20(17)23/h2-9,16,18H,10-14H2,1H3/t18-/m0/s1. The number of aryl methyl sites for hydroxylation is 1. The van der Waals surface area contributed by atoms with Crippen LogP contribution in [0.4, 0.5) is 0 Å². The molecule has 0 N–H and O–H groups in total. The molecule has 5 heteroatoms. The summed E-state index contributed by atoms with van der Waals surface area (Å²) in [4.78, 5) is 20.4. The molecule has 1 heterocycles. The van der Waals surface area contributed by atoms with Crippen LogP contribution in [0.5, 0.6) is 0 Å². The summed E-state index contributed by atoms with van der Waals surface area (Å²) in [5.74, 6) is 0.355. The predicted octanol–water partition coefficient (Wildman–Crippen LogP) is 4.58. The molecule has 1 amide bonds. The molecular weight excluding hydrogens is 360 g/mol. The van der Waals surface area contributed by atoms with Gasteiger partial charge in [-0.05, 0) is 37.0 Å². The minimum absolute atomic E-state index is 0.121. The zero-order valence-corrected chi connectivity index (χ0v) is 16.2. The molecular formula is C22H23ClN2O2. The monoisotopic (exact) mass is 382 g/mol. The summed E-state index contributed by atoms with van der Waals surface area (Å²) in [5, 5.41) is 4.99. The Bertz CT molecular complexity index is 876. The van der Waals surface area contributed by atoms with Crippen molar-refractivity contribution in [2.45, 2.75) is 38.8 Å². The smallest absolute Gasteiger partial charge is 0.226 e. The van der Waals surface area contributed by atoms with Gasteiger partial charge in [0.05, 0.1) is 12.3 Å². The molecule has 0 bridgehead atoms. The summed E-state index contributed by atoms with van der Waals surface area (Å²) in [7, 11) is 0. The summed E-state index contributed by atoms with van der Waals surface area (Å²) in [6.07, 6.45) is 2.55. The number of oxime groups is 1. The van der Waals surface area contributed by atoms with Crippen LogP contribution in [0.1, 0.15) is 36.0 Å². The van der Waals surface area contributed by atoms with Gasteiger partial charge in [0.15, 0.2) is 6.10 Å². The lowest BCUT2D eigenvalue weighted by atomic mass is 10.00. The van der Waals surface area contributed by atoms with Crippen molar-refractivity contribution >= 4 is 23.2 Å². The zero-order valence-electron chi connectivity index (χ0n) is 15.4. The topological polar surface area (TPSA) is 41.9 Å². The molecule has 0 spiro atoms. The SMILES string of the molecule is Cc1ccccc1C1=NO[C@H](CN(Cc2ccccc2Cl)C(=O)C2CC2)C1. The summed E-state index contributed by atoms with van der Waals surface area (Å²) in [6, 6.07) is 15.9. The van der Waals surface area contributed by atoms with Crippen molar-refractivity contribution < 1.29 is 9.63 Å². The van der Waals surface area contributed by atoms with Gasteiger partial charge in [-0.3, -0.25) is 4.79 Å². The highest BCUT2D eigenvalue weighted by Crippen LogP contribution is 2.32. The minimum Gasteiger partial charge on any atom is -0.390 e. The van der Waals surface area contributed by atoms with Gasteiger partial charge in [0.2, 0.25) is 5.91 Å². The van der Waals surface area contributed by atoms with E-state index in [9.17, 15) is 4.79 Å². The van der Waals surface area contributed by atoms with Gasteiger partial charge in [-0.1, -0.05) is 59.2 Å². The zero-order chi connectivity index (χ0) is 18.8. The van der Waals surface area contributed by atoms with E-state index in [4.69, 9.17) is 16.4 Å². The van der Waals surface area contributed by atoms with Gasteiger partial charge in [0, 0.05) is 29.5 Å². The van der Waals surface area contributed by atoms with E-state index < -0.39 is 0 Å². The Kier molecular flexibility index (Phi) is 5.17. The maximum Gasteiger partial charge on any atom is 0.226 e. The maximum atomic E-state index is 12.8. The van der Waals surface area contributed by atoms with Crippen LogP contribution < -0.4 is 0 Å². The highest BCUT2D eigenvalue weighted by molar-refractivity contribution is 6.31. The molecule has 1 aliphatic heterocycles. The number of benzene rings is 2. The van der Waals surface area contributed by atoms with Gasteiger partial charge in [-0.15, -0.1) is 0 Å². The van der Waals surface area contributed by atoms with Crippen LogP contribution in [-0.4, -0.2) is 29.2 Å². The molecule has 0 saturated heterocycles. The number of hydrogen-bond acceptors (Lipinski definition) is 3. The lowest BCUT2D eigenvalue weighted by molar-refractivity contribution is -0.135. The Hall–Kier alpha value is -2.33. The fourth-order valence-corrected chi connectivity index (χ4v) is 3.68. The number of nitrogens with zero attached hydrogens (tertiary/aromatic N) is 2. The van der Waals surface area contributed by atoms with Gasteiger partial charge in [-0.25, -0.2) is 0 Å². The molecule has 4 rings (SSSR count). The highest BCUT2D eigenvalue weighted by Gasteiger charge is 2.36. The fraction of sp³-hybridized carbons (Fsp3) is 0.364. The van der Waals surface area contributed by atoms with Crippen LogP contribution in [0.15, 0.2) is 53.7 Å². The van der Waals surface area contributed by atoms with Crippen LogP contribution in [0, 0.1) is 12.8 Å². The quantitative estimate of drug-likeness (QED) is 0.733. The molecule has 0 unspecified atom stereocenters. The van der Waals surface area contributed by atoms with Gasteiger partial charge >= 0.3 is 0 Å². The van der Waals surface area contributed by atoms with Crippen LogP contribution in [0.2, 0.25) is 5.02 Å². The number of hydrogen-bond donors (Lipinski definition) is 0. The second-order valence-corrected chi connectivity index (χ2v) is 7.78. The van der Waals surface area contributed by atoms with Crippen LogP contribution in [0.25, 0.3) is 0 Å². The number of rotatable bonds is 6. The van der Waals surface area contributed by atoms with Crippen molar-refractivity contribution in [3.63, 3.8) is 0 Å². The Balaban J connectivity index is 1.46. The van der Waals surface area contributed by atoms with E-state index in [1.807, 2.05) is 41.3 Å². The molecule has 0 radical (unpaired) electrons. The van der Waals surface area contributed by atoms with E-state index in [0.29, 0.717) is 24.5 Å². The second kappa shape index (κ2) is 7.73. The Morgan fingerprint density at radius 2 is 1.93 bits per heavy atom. The summed E-state index contributed by atoms with van der Waals surface area (Å²) in [5.41, 5.74) is 4.22. The molecule has 1 saturated carbocycles. The van der Waals surface area contributed by atoms with Crippen molar-refractivity contribution in [3.8, 4) is 0 Å². The van der Waals surface area contributed by atoms with E-state index in [-0.39, 0.29) is 17.9 Å². The Labute approximate surface area is 164 Å². The predicted molar refractivity (Wildman–Crippen MR) is 107 cm³/mol. The van der Waals surface area contributed by atoms with Crippen LogP contribution in [0.3, 0.4) is 0 Å². The fourth-order valence-electron chi connectivity index (χ4n) is 3.48. The molecule has 2 aliphatic rings. The van der Waals surface area contributed by atoms with Crippen LogP contribution in [-0.2, 0) is 16.2 Å². The third-order valence-corrected chi connectivity index (χ3v) is 5.54. The van der Waals surface area contributed by atoms with E-state index >= 15 is 0 Å². The lowest BCUT2D eigenvalue weighted by Crippen LogP contribution is -2.38. The number of halogens is 1. The maximum absolute atomic E-state index is 12.8. The summed E-state index contributed by atoms with van der Waals surface area (Å²) >= 11 is 6.31. The molecule has 140 valence electrons. The second-order valence-electron chi connectivity index (χ2n) is 7.37. The molecule has 0 aromatic heterocycles. The van der Waals surface area contributed by atoms with Gasteiger partial charge in [-0.2, -0.15) is 0 Å². The van der Waals surface area contributed by atoms with E-state index in [1.54, 1.807) is 0 Å². The van der Waals surface area contributed by atoms with Gasteiger partial charge in [0.1, 0.15) is 0 Å². The summed E-state index contributed by atoms with van der Waals surface area (Å²) < 4.78 is 0. The average molecular weight is 383 g/mol. The number of carbonyl (C=O) groups excluding carboxylic acids is 1. The molecule has 2 aromatic rings. The lowest BCUT2D eigenvalue weighted by Gasteiger charge is -2.25. The van der Waals surface area contributed by atoms with E-state index in [1.165, 1.54) is 5.56 Å². The van der Waals surface area contributed by atoms with Gasteiger partial charge in [0.25, 0.3) is 0 Å². The normalized spacial score (nSPS) is 18.7. The Morgan fingerprint density at radius 3 is 2.67 bits per heavy atom. The van der Waals surface area contributed by atoms with E-state index in [2.05, 4.69) is 24.2 Å². The third kappa shape index (κ3) is 4.16. The molecule has 4 nitrogen and oxygen atoms in total. The van der Waals surface area contributed by atoms with Crippen LogP contribution >= 0.6 is 11.6 Å². The molecule has 1 fully saturated rings. The minimum atomic E-state index is -0.121. The van der Waals surface area contributed by atoms with Crippen molar-refractivity contribution in [2.24, 2.45) is 11.1 Å². The van der Waals surface area contributed by atoms with Gasteiger partial charge < -0.3 is 9.74 Å². The van der Waals surface area contributed by atoms with Crippen molar-refractivity contribution in [3.05, 3.63) is 70.2 Å². The first kappa shape index (κ1) is 18.1. The average Bonchev–Trinajstić information content (AvgIpc) is 3.42. The van der Waals surface area contributed by atoms with Crippen molar-refractivity contribution in [1.82, 2.24) is 4.90 Å². The third-order valence-electron chi connectivity index (χ3n) is 5.17. The molecule has 2 aromatic carbocycles. The van der Waals surface area contributed by atoms with Crippen molar-refractivity contribution in [2.75, 3.05) is 6.54 Å². The largest absolute Gasteiger partial charge is 0.390 e. The molecule has 1 aliphatic carbocycles. The number of carbonyl (C=O) groups is 1. The highest BCUT2D eigenvalue weighted by atomic mass is 35.5.